The molecule has 1 saturated heterocycles. The molecule has 6 heteroatoms. The fraction of sp³-hybridized carbons (Fsp3) is 0.214. The Kier molecular flexibility index (Phi) is 6.68. The lowest BCUT2D eigenvalue weighted by atomic mass is 9.92. The molecule has 0 saturated carbocycles. The van der Waals surface area contributed by atoms with Gasteiger partial charge >= 0.3 is 0 Å². The van der Waals surface area contributed by atoms with Crippen molar-refractivity contribution in [1.29, 1.82) is 0 Å². The summed E-state index contributed by atoms with van der Waals surface area (Å²) >= 11 is 0. The van der Waals surface area contributed by atoms with Crippen LogP contribution in [0.15, 0.2) is 78.4 Å². The molecule has 174 valence electrons. The zero-order valence-electron chi connectivity index (χ0n) is 19.4. The number of carbonyl (C=O) groups excluding carboxylic acids is 2. The molecule has 1 heterocycles. The Morgan fingerprint density at radius 1 is 0.971 bits per heavy atom. The maximum absolute atomic E-state index is 13.3. The standard InChI is InChI=1S/C28H27NO5/c1-4-15-34-22-13-7-10-19(16-22)26(30)24-25(23-14-6-5-9-18(23)2)29(28(32)27(24)31)20-11-8-12-21(17-20)33-3/h5-14,16-17,25,30H,4,15H2,1-3H3/b26-24+. The number of hydrogen-bond donors (Lipinski definition) is 1. The Morgan fingerprint density at radius 3 is 2.44 bits per heavy atom. The van der Waals surface area contributed by atoms with Gasteiger partial charge in [-0.25, -0.2) is 0 Å². The van der Waals surface area contributed by atoms with Gasteiger partial charge in [0.25, 0.3) is 11.7 Å². The van der Waals surface area contributed by atoms with Crippen molar-refractivity contribution in [2.24, 2.45) is 0 Å². The maximum Gasteiger partial charge on any atom is 0.300 e. The average Bonchev–Trinajstić information content (AvgIpc) is 3.12. The van der Waals surface area contributed by atoms with E-state index < -0.39 is 17.7 Å². The lowest BCUT2D eigenvalue weighted by molar-refractivity contribution is -0.132. The van der Waals surface area contributed by atoms with Gasteiger partial charge in [-0.05, 0) is 48.7 Å². The van der Waals surface area contributed by atoms with Gasteiger partial charge in [-0.15, -0.1) is 0 Å². The van der Waals surface area contributed by atoms with Crippen LogP contribution in [0.5, 0.6) is 11.5 Å². The molecule has 6 nitrogen and oxygen atoms in total. The summed E-state index contributed by atoms with van der Waals surface area (Å²) in [5.41, 5.74) is 2.61. The van der Waals surface area contributed by atoms with Crippen LogP contribution >= 0.6 is 0 Å². The summed E-state index contributed by atoms with van der Waals surface area (Å²) in [4.78, 5) is 28.1. The van der Waals surface area contributed by atoms with Crippen molar-refractivity contribution in [3.8, 4) is 11.5 Å². The first-order valence-corrected chi connectivity index (χ1v) is 11.2. The third-order valence-corrected chi connectivity index (χ3v) is 5.84. The lowest BCUT2D eigenvalue weighted by Gasteiger charge is -2.27. The quantitative estimate of drug-likeness (QED) is 0.291. The van der Waals surface area contributed by atoms with Gasteiger partial charge in [0, 0.05) is 17.3 Å². The van der Waals surface area contributed by atoms with Gasteiger partial charge < -0.3 is 14.6 Å². The molecule has 34 heavy (non-hydrogen) atoms. The Labute approximate surface area is 199 Å². The predicted octanol–water partition coefficient (Wildman–Crippen LogP) is 5.42. The molecule has 0 bridgehead atoms. The average molecular weight is 458 g/mol. The smallest absolute Gasteiger partial charge is 0.300 e. The van der Waals surface area contributed by atoms with Crippen LogP contribution in [-0.4, -0.2) is 30.5 Å². The van der Waals surface area contributed by atoms with E-state index in [0.717, 1.165) is 17.5 Å². The second-order valence-electron chi connectivity index (χ2n) is 8.10. The van der Waals surface area contributed by atoms with E-state index in [1.807, 2.05) is 38.1 Å². The normalized spacial score (nSPS) is 17.1. The van der Waals surface area contributed by atoms with Gasteiger partial charge in [0.1, 0.15) is 17.3 Å². The number of Topliss-reactive ketones (excluding diaryl/α,β-unsaturated/α-hetero) is 1. The summed E-state index contributed by atoms with van der Waals surface area (Å²) < 4.78 is 11.0. The molecule has 0 spiro atoms. The number of nitrogens with zero attached hydrogens (tertiary/aromatic N) is 1. The minimum absolute atomic E-state index is 0.0368. The molecule has 1 unspecified atom stereocenters. The van der Waals surface area contributed by atoms with Crippen LogP contribution in [0.25, 0.3) is 5.76 Å². The molecule has 1 fully saturated rings. The first-order chi connectivity index (χ1) is 16.5. The number of benzene rings is 3. The van der Waals surface area contributed by atoms with Gasteiger partial charge in [-0.1, -0.05) is 49.4 Å². The van der Waals surface area contributed by atoms with E-state index in [4.69, 9.17) is 9.47 Å². The van der Waals surface area contributed by atoms with E-state index in [1.54, 1.807) is 55.6 Å². The Bertz CT molecular complexity index is 1260. The summed E-state index contributed by atoms with van der Waals surface area (Å²) in [6.45, 7) is 4.46. The van der Waals surface area contributed by atoms with Crippen molar-refractivity contribution in [3.63, 3.8) is 0 Å². The second-order valence-corrected chi connectivity index (χ2v) is 8.10. The first kappa shape index (κ1) is 23.1. The molecule has 1 aliphatic heterocycles. The summed E-state index contributed by atoms with van der Waals surface area (Å²) in [5.74, 6) is -0.544. The number of aryl methyl sites for hydroxylation is 1. The molecule has 0 aliphatic carbocycles. The Morgan fingerprint density at radius 2 is 1.71 bits per heavy atom. The van der Waals surface area contributed by atoms with E-state index in [-0.39, 0.29) is 11.3 Å². The number of aliphatic hydroxyl groups excluding tert-OH is 1. The van der Waals surface area contributed by atoms with E-state index >= 15 is 0 Å². The van der Waals surface area contributed by atoms with Crippen LogP contribution in [-0.2, 0) is 9.59 Å². The lowest BCUT2D eigenvalue weighted by Crippen LogP contribution is -2.29. The Balaban J connectivity index is 1.91. The third-order valence-electron chi connectivity index (χ3n) is 5.84. The molecule has 1 N–H and O–H groups in total. The summed E-state index contributed by atoms with van der Waals surface area (Å²) in [7, 11) is 1.54. The molecular formula is C28H27NO5. The number of amides is 1. The highest BCUT2D eigenvalue weighted by atomic mass is 16.5. The van der Waals surface area contributed by atoms with Crippen LogP contribution < -0.4 is 14.4 Å². The highest BCUT2D eigenvalue weighted by molar-refractivity contribution is 6.51. The van der Waals surface area contributed by atoms with Gasteiger partial charge in [-0.3, -0.25) is 14.5 Å². The van der Waals surface area contributed by atoms with Gasteiger partial charge in [0.15, 0.2) is 0 Å². The van der Waals surface area contributed by atoms with Crippen molar-refractivity contribution in [2.75, 3.05) is 18.6 Å². The number of ether oxygens (including phenoxy) is 2. The number of anilines is 1. The summed E-state index contributed by atoms with van der Waals surface area (Å²) in [6.07, 6.45) is 0.842. The fourth-order valence-electron chi connectivity index (χ4n) is 4.16. The largest absolute Gasteiger partial charge is 0.507 e. The van der Waals surface area contributed by atoms with Crippen molar-refractivity contribution in [3.05, 3.63) is 95.1 Å². The molecule has 0 aromatic heterocycles. The molecule has 0 radical (unpaired) electrons. The van der Waals surface area contributed by atoms with Crippen LogP contribution in [0.4, 0.5) is 5.69 Å². The minimum atomic E-state index is -0.798. The molecular weight excluding hydrogens is 430 g/mol. The predicted molar refractivity (Wildman–Crippen MR) is 131 cm³/mol. The first-order valence-electron chi connectivity index (χ1n) is 11.2. The van der Waals surface area contributed by atoms with Crippen LogP contribution in [0, 0.1) is 6.92 Å². The SMILES string of the molecule is CCCOc1cccc(/C(O)=C2\C(=O)C(=O)N(c3cccc(OC)c3)C2c2ccccc2C)c1. The number of hydrogen-bond acceptors (Lipinski definition) is 5. The molecule has 4 rings (SSSR count). The van der Waals surface area contributed by atoms with Crippen LogP contribution in [0.2, 0.25) is 0 Å². The number of carbonyl (C=O) groups is 2. The minimum Gasteiger partial charge on any atom is -0.507 e. The third kappa shape index (κ3) is 4.27. The van der Waals surface area contributed by atoms with E-state index in [9.17, 15) is 14.7 Å². The maximum atomic E-state index is 13.3. The number of aliphatic hydroxyl groups is 1. The van der Waals surface area contributed by atoms with Gasteiger partial charge in [0.2, 0.25) is 0 Å². The van der Waals surface area contributed by atoms with Crippen molar-refractivity contribution >= 4 is 23.1 Å². The molecule has 3 aromatic rings. The number of ketones is 1. The second kappa shape index (κ2) is 9.83. The van der Waals surface area contributed by atoms with Crippen molar-refractivity contribution < 1.29 is 24.2 Å². The zero-order valence-corrected chi connectivity index (χ0v) is 19.4. The van der Waals surface area contributed by atoms with Crippen LogP contribution in [0.3, 0.4) is 0 Å². The molecule has 1 atom stereocenters. The summed E-state index contributed by atoms with van der Waals surface area (Å²) in [5, 5.41) is 11.3. The molecule has 1 amide bonds. The highest BCUT2D eigenvalue weighted by Crippen LogP contribution is 2.43. The van der Waals surface area contributed by atoms with Crippen LogP contribution in [0.1, 0.15) is 36.1 Å². The van der Waals surface area contributed by atoms with E-state index in [0.29, 0.717) is 29.4 Å². The number of rotatable bonds is 7. The molecule has 3 aromatic carbocycles. The van der Waals surface area contributed by atoms with Crippen molar-refractivity contribution in [2.45, 2.75) is 26.3 Å². The topological polar surface area (TPSA) is 76.1 Å². The zero-order chi connectivity index (χ0) is 24.2. The highest BCUT2D eigenvalue weighted by Gasteiger charge is 2.47. The van der Waals surface area contributed by atoms with Gasteiger partial charge in [-0.2, -0.15) is 0 Å². The monoisotopic (exact) mass is 457 g/mol. The Hall–Kier alpha value is -4.06. The number of methoxy groups -OCH3 is 1. The fourth-order valence-corrected chi connectivity index (χ4v) is 4.16. The van der Waals surface area contributed by atoms with E-state index in [1.165, 1.54) is 4.90 Å². The summed E-state index contributed by atoms with van der Waals surface area (Å²) in [6, 6.07) is 20.6. The van der Waals surface area contributed by atoms with Gasteiger partial charge in [0.05, 0.1) is 25.3 Å². The molecule has 1 aliphatic rings. The van der Waals surface area contributed by atoms with E-state index in [2.05, 4.69) is 0 Å². The van der Waals surface area contributed by atoms with Crippen molar-refractivity contribution in [1.82, 2.24) is 0 Å².